The van der Waals surface area contributed by atoms with Crippen molar-refractivity contribution in [3.8, 4) is 0 Å². The molecule has 0 aliphatic rings. The van der Waals surface area contributed by atoms with Gasteiger partial charge in [0, 0.05) is 18.1 Å². The molecule has 0 amide bonds. The molecule has 0 aromatic rings. The topological polar surface area (TPSA) is 49.5 Å². The van der Waals surface area contributed by atoms with E-state index in [4.69, 9.17) is 10.8 Å². The van der Waals surface area contributed by atoms with Crippen LogP contribution in [0.1, 0.15) is 53.4 Å². The standard InChI is InChI=1S/C13H30N2O/c1-5-7-9-15(12(3)6-2)10-8-13(4,14)11-16/h12,16H,5-11,14H2,1-4H3. The second kappa shape index (κ2) is 8.04. The molecule has 0 fully saturated rings. The number of aliphatic hydroxyl groups is 1. The molecule has 0 aromatic carbocycles. The zero-order chi connectivity index (χ0) is 12.6. The van der Waals surface area contributed by atoms with Crippen molar-refractivity contribution in [3.05, 3.63) is 0 Å². The number of nitrogens with two attached hydrogens (primary N) is 1. The summed E-state index contributed by atoms with van der Waals surface area (Å²) in [7, 11) is 0. The smallest absolute Gasteiger partial charge is 0.0608 e. The van der Waals surface area contributed by atoms with Crippen molar-refractivity contribution in [1.82, 2.24) is 4.90 Å². The van der Waals surface area contributed by atoms with Gasteiger partial charge in [-0.05, 0) is 39.7 Å². The Labute approximate surface area is 101 Å². The van der Waals surface area contributed by atoms with Gasteiger partial charge in [-0.25, -0.2) is 0 Å². The fourth-order valence-corrected chi connectivity index (χ4v) is 1.65. The van der Waals surface area contributed by atoms with E-state index in [1.807, 2.05) is 6.92 Å². The third-order valence-electron chi connectivity index (χ3n) is 3.34. The van der Waals surface area contributed by atoms with Crippen LogP contribution in [0.3, 0.4) is 0 Å². The van der Waals surface area contributed by atoms with E-state index in [1.165, 1.54) is 19.3 Å². The van der Waals surface area contributed by atoms with E-state index in [2.05, 4.69) is 25.7 Å². The van der Waals surface area contributed by atoms with Crippen LogP contribution < -0.4 is 5.73 Å². The molecule has 0 radical (unpaired) electrons. The van der Waals surface area contributed by atoms with Gasteiger partial charge in [0.15, 0.2) is 0 Å². The number of hydrogen-bond donors (Lipinski definition) is 2. The van der Waals surface area contributed by atoms with Gasteiger partial charge in [0.1, 0.15) is 0 Å². The summed E-state index contributed by atoms with van der Waals surface area (Å²) in [5, 5.41) is 9.14. The van der Waals surface area contributed by atoms with Gasteiger partial charge < -0.3 is 15.7 Å². The normalized spacial score (nSPS) is 17.4. The summed E-state index contributed by atoms with van der Waals surface area (Å²) in [4.78, 5) is 2.49. The fraction of sp³-hybridized carbons (Fsp3) is 1.00. The van der Waals surface area contributed by atoms with E-state index in [0.717, 1.165) is 19.5 Å². The molecular weight excluding hydrogens is 200 g/mol. The van der Waals surface area contributed by atoms with E-state index in [9.17, 15) is 0 Å². The fourth-order valence-electron chi connectivity index (χ4n) is 1.65. The van der Waals surface area contributed by atoms with E-state index >= 15 is 0 Å². The Morgan fingerprint density at radius 2 is 1.94 bits per heavy atom. The van der Waals surface area contributed by atoms with Gasteiger partial charge in [0.05, 0.1) is 6.61 Å². The van der Waals surface area contributed by atoms with Crippen LogP contribution in [-0.2, 0) is 0 Å². The molecule has 98 valence electrons. The van der Waals surface area contributed by atoms with Crippen LogP contribution in [0.2, 0.25) is 0 Å². The molecule has 16 heavy (non-hydrogen) atoms. The predicted molar refractivity (Wildman–Crippen MR) is 70.5 cm³/mol. The monoisotopic (exact) mass is 230 g/mol. The molecule has 2 atom stereocenters. The average molecular weight is 230 g/mol. The third kappa shape index (κ3) is 6.46. The lowest BCUT2D eigenvalue weighted by Gasteiger charge is -2.32. The molecule has 2 unspecified atom stereocenters. The van der Waals surface area contributed by atoms with Gasteiger partial charge in [0.25, 0.3) is 0 Å². The minimum Gasteiger partial charge on any atom is -0.394 e. The quantitative estimate of drug-likeness (QED) is 0.637. The molecule has 0 aliphatic heterocycles. The number of nitrogens with zero attached hydrogens (tertiary/aromatic N) is 1. The Hall–Kier alpha value is -0.120. The minimum absolute atomic E-state index is 0.0646. The second-order valence-electron chi connectivity index (χ2n) is 5.21. The summed E-state index contributed by atoms with van der Waals surface area (Å²) in [6, 6.07) is 0.612. The number of aliphatic hydroxyl groups excluding tert-OH is 1. The zero-order valence-corrected chi connectivity index (χ0v) is 11.5. The number of unbranched alkanes of at least 4 members (excludes halogenated alkanes) is 1. The summed E-state index contributed by atoms with van der Waals surface area (Å²) >= 11 is 0. The molecule has 3 nitrogen and oxygen atoms in total. The highest BCUT2D eigenvalue weighted by molar-refractivity contribution is 4.80. The number of rotatable bonds is 9. The molecule has 0 saturated heterocycles. The molecule has 0 heterocycles. The summed E-state index contributed by atoms with van der Waals surface area (Å²) in [6.45, 7) is 10.8. The first-order chi connectivity index (χ1) is 7.46. The van der Waals surface area contributed by atoms with Crippen LogP contribution >= 0.6 is 0 Å². The van der Waals surface area contributed by atoms with Gasteiger partial charge in [-0.2, -0.15) is 0 Å². The van der Waals surface area contributed by atoms with Crippen LogP contribution in [0.5, 0.6) is 0 Å². The van der Waals surface area contributed by atoms with Gasteiger partial charge >= 0.3 is 0 Å². The Kier molecular flexibility index (Phi) is 7.98. The molecule has 3 N–H and O–H groups in total. The van der Waals surface area contributed by atoms with Gasteiger partial charge in [-0.15, -0.1) is 0 Å². The van der Waals surface area contributed by atoms with Crippen molar-refractivity contribution < 1.29 is 5.11 Å². The Morgan fingerprint density at radius 3 is 2.38 bits per heavy atom. The molecule has 0 spiro atoms. The Balaban J connectivity index is 4.10. The predicted octanol–water partition coefficient (Wildman–Crippen LogP) is 1.99. The molecular formula is C13H30N2O. The molecule has 0 aromatic heterocycles. The van der Waals surface area contributed by atoms with Crippen LogP contribution in [-0.4, -0.2) is 41.3 Å². The first-order valence-corrected chi connectivity index (χ1v) is 6.60. The van der Waals surface area contributed by atoms with Crippen molar-refractivity contribution in [2.75, 3.05) is 19.7 Å². The molecule has 0 aliphatic carbocycles. The summed E-state index contributed by atoms with van der Waals surface area (Å²) in [5.41, 5.74) is 5.53. The summed E-state index contributed by atoms with van der Waals surface area (Å²) < 4.78 is 0. The maximum absolute atomic E-state index is 9.14. The lowest BCUT2D eigenvalue weighted by Crippen LogP contribution is -2.45. The summed E-state index contributed by atoms with van der Waals surface area (Å²) in [5.74, 6) is 0. The van der Waals surface area contributed by atoms with Gasteiger partial charge in [0.2, 0.25) is 0 Å². The van der Waals surface area contributed by atoms with Crippen molar-refractivity contribution in [3.63, 3.8) is 0 Å². The van der Waals surface area contributed by atoms with E-state index in [-0.39, 0.29) is 6.61 Å². The Bertz CT molecular complexity index is 171. The lowest BCUT2D eigenvalue weighted by molar-refractivity contribution is 0.150. The Morgan fingerprint density at radius 1 is 1.31 bits per heavy atom. The highest BCUT2D eigenvalue weighted by Crippen LogP contribution is 2.11. The zero-order valence-electron chi connectivity index (χ0n) is 11.5. The van der Waals surface area contributed by atoms with Gasteiger partial charge in [-0.3, -0.25) is 0 Å². The average Bonchev–Trinajstić information content (AvgIpc) is 2.28. The SMILES string of the molecule is CCCCN(CCC(C)(N)CO)C(C)CC. The first kappa shape index (κ1) is 15.9. The highest BCUT2D eigenvalue weighted by Gasteiger charge is 2.20. The molecule has 0 saturated carbocycles. The van der Waals surface area contributed by atoms with Crippen LogP contribution in [0, 0.1) is 0 Å². The molecule has 0 rings (SSSR count). The van der Waals surface area contributed by atoms with Crippen molar-refractivity contribution in [2.45, 2.75) is 65.0 Å². The van der Waals surface area contributed by atoms with E-state index in [0.29, 0.717) is 6.04 Å². The minimum atomic E-state index is -0.433. The third-order valence-corrected chi connectivity index (χ3v) is 3.34. The molecule has 3 heteroatoms. The number of hydrogen-bond acceptors (Lipinski definition) is 3. The van der Waals surface area contributed by atoms with Crippen LogP contribution in [0.4, 0.5) is 0 Å². The maximum atomic E-state index is 9.14. The van der Waals surface area contributed by atoms with E-state index in [1.54, 1.807) is 0 Å². The van der Waals surface area contributed by atoms with E-state index < -0.39 is 5.54 Å². The lowest BCUT2D eigenvalue weighted by atomic mass is 9.99. The second-order valence-corrected chi connectivity index (χ2v) is 5.21. The highest BCUT2D eigenvalue weighted by atomic mass is 16.3. The van der Waals surface area contributed by atoms with Crippen molar-refractivity contribution >= 4 is 0 Å². The van der Waals surface area contributed by atoms with Crippen LogP contribution in [0.15, 0.2) is 0 Å². The first-order valence-electron chi connectivity index (χ1n) is 6.60. The van der Waals surface area contributed by atoms with Crippen LogP contribution in [0.25, 0.3) is 0 Å². The van der Waals surface area contributed by atoms with Crippen molar-refractivity contribution in [1.29, 1.82) is 0 Å². The largest absolute Gasteiger partial charge is 0.394 e. The molecule has 0 bridgehead atoms. The van der Waals surface area contributed by atoms with Gasteiger partial charge in [-0.1, -0.05) is 20.3 Å². The van der Waals surface area contributed by atoms with Crippen molar-refractivity contribution in [2.24, 2.45) is 5.73 Å². The summed E-state index contributed by atoms with van der Waals surface area (Å²) in [6.07, 6.45) is 4.50. The maximum Gasteiger partial charge on any atom is 0.0608 e.